The minimum absolute atomic E-state index is 0.0406. The van der Waals surface area contributed by atoms with Gasteiger partial charge in [-0.15, -0.1) is 0 Å². The standard InChI is InChI=1S/C20H19F3N4O3/c1-11(28)24-16-9-4-13(20(21,22)23)10-17(16)27-18(29)12-2-5-14(6-3-12)25-19(30)26-15-7-8-15/h2-6,9-10,15H,7-8H2,1H3,(H,24,28)(H,27,29)(H2,25,26,30). The van der Waals surface area contributed by atoms with Crippen molar-refractivity contribution in [3.63, 3.8) is 0 Å². The van der Waals surface area contributed by atoms with E-state index in [1.54, 1.807) is 0 Å². The molecule has 0 unspecified atom stereocenters. The van der Waals surface area contributed by atoms with Gasteiger partial charge in [-0.2, -0.15) is 13.2 Å². The van der Waals surface area contributed by atoms with Gasteiger partial charge in [0.15, 0.2) is 0 Å². The van der Waals surface area contributed by atoms with Crippen molar-refractivity contribution in [3.05, 3.63) is 53.6 Å². The molecule has 2 aromatic carbocycles. The zero-order valence-corrected chi connectivity index (χ0v) is 15.9. The maximum atomic E-state index is 13.0. The van der Waals surface area contributed by atoms with Crippen LogP contribution in [0.15, 0.2) is 42.5 Å². The molecule has 0 radical (unpaired) electrons. The van der Waals surface area contributed by atoms with Gasteiger partial charge in [-0.05, 0) is 55.3 Å². The van der Waals surface area contributed by atoms with E-state index >= 15 is 0 Å². The number of carbonyl (C=O) groups is 3. The molecule has 1 aliphatic carbocycles. The third-order valence-corrected chi connectivity index (χ3v) is 4.22. The molecule has 0 bridgehead atoms. The van der Waals surface area contributed by atoms with E-state index in [4.69, 9.17) is 0 Å². The number of carbonyl (C=O) groups excluding carboxylic acids is 3. The quantitative estimate of drug-likeness (QED) is 0.583. The highest BCUT2D eigenvalue weighted by atomic mass is 19.4. The molecule has 1 saturated carbocycles. The van der Waals surface area contributed by atoms with Gasteiger partial charge in [-0.25, -0.2) is 4.79 Å². The number of hydrogen-bond donors (Lipinski definition) is 4. The lowest BCUT2D eigenvalue weighted by Gasteiger charge is -2.15. The maximum Gasteiger partial charge on any atom is 0.416 e. The second kappa shape index (κ2) is 8.44. The zero-order chi connectivity index (χ0) is 21.9. The molecule has 0 heterocycles. The lowest BCUT2D eigenvalue weighted by molar-refractivity contribution is -0.137. The fourth-order valence-electron chi connectivity index (χ4n) is 2.60. The van der Waals surface area contributed by atoms with E-state index in [9.17, 15) is 27.6 Å². The van der Waals surface area contributed by atoms with E-state index in [2.05, 4.69) is 21.3 Å². The molecule has 0 atom stereocenters. The first-order chi connectivity index (χ1) is 14.1. The molecular formula is C20H19F3N4O3. The molecule has 4 N–H and O–H groups in total. The van der Waals surface area contributed by atoms with Crippen molar-refractivity contribution < 1.29 is 27.6 Å². The maximum absolute atomic E-state index is 13.0. The van der Waals surface area contributed by atoms with Gasteiger partial charge in [0.1, 0.15) is 0 Å². The van der Waals surface area contributed by atoms with Crippen molar-refractivity contribution in [1.82, 2.24) is 5.32 Å². The summed E-state index contributed by atoms with van der Waals surface area (Å²) < 4.78 is 39.0. The molecule has 2 aromatic rings. The van der Waals surface area contributed by atoms with Gasteiger partial charge in [-0.3, -0.25) is 9.59 Å². The first-order valence-electron chi connectivity index (χ1n) is 9.09. The summed E-state index contributed by atoms with van der Waals surface area (Å²) in [6.45, 7) is 1.20. The summed E-state index contributed by atoms with van der Waals surface area (Å²) in [5.74, 6) is -1.17. The average molecular weight is 420 g/mol. The smallest absolute Gasteiger partial charge is 0.335 e. The third-order valence-electron chi connectivity index (χ3n) is 4.22. The lowest BCUT2D eigenvalue weighted by atomic mass is 10.1. The minimum Gasteiger partial charge on any atom is -0.335 e. The Kier molecular flexibility index (Phi) is 5.95. The van der Waals surface area contributed by atoms with Crippen molar-refractivity contribution >= 4 is 34.9 Å². The monoisotopic (exact) mass is 420 g/mol. The fraction of sp³-hybridized carbons (Fsp3) is 0.250. The van der Waals surface area contributed by atoms with E-state index in [-0.39, 0.29) is 29.0 Å². The van der Waals surface area contributed by atoms with Crippen LogP contribution in [0.25, 0.3) is 0 Å². The Morgan fingerprint density at radius 2 is 1.57 bits per heavy atom. The van der Waals surface area contributed by atoms with Crippen molar-refractivity contribution in [1.29, 1.82) is 0 Å². The van der Waals surface area contributed by atoms with Gasteiger partial charge in [0.2, 0.25) is 5.91 Å². The van der Waals surface area contributed by atoms with Gasteiger partial charge in [0.05, 0.1) is 16.9 Å². The van der Waals surface area contributed by atoms with Gasteiger partial charge in [0, 0.05) is 24.2 Å². The summed E-state index contributed by atoms with van der Waals surface area (Å²) in [7, 11) is 0. The number of anilines is 3. The number of hydrogen-bond acceptors (Lipinski definition) is 3. The van der Waals surface area contributed by atoms with E-state index in [1.807, 2.05) is 0 Å². The summed E-state index contributed by atoms with van der Waals surface area (Å²) in [5, 5.41) is 10.2. The highest BCUT2D eigenvalue weighted by Crippen LogP contribution is 2.34. The van der Waals surface area contributed by atoms with Crippen LogP contribution in [0.3, 0.4) is 0 Å². The predicted molar refractivity (Wildman–Crippen MR) is 105 cm³/mol. The van der Waals surface area contributed by atoms with E-state index < -0.39 is 23.6 Å². The van der Waals surface area contributed by atoms with E-state index in [0.29, 0.717) is 5.69 Å². The van der Waals surface area contributed by atoms with Crippen molar-refractivity contribution in [3.8, 4) is 0 Å². The zero-order valence-electron chi connectivity index (χ0n) is 15.9. The molecule has 0 aliphatic heterocycles. The Bertz CT molecular complexity index is 970. The molecule has 0 aromatic heterocycles. The summed E-state index contributed by atoms with van der Waals surface area (Å²) in [4.78, 5) is 35.5. The van der Waals surface area contributed by atoms with Crippen molar-refractivity contribution in [2.45, 2.75) is 32.0 Å². The molecule has 158 valence electrons. The van der Waals surface area contributed by atoms with Crippen LogP contribution in [0.1, 0.15) is 35.7 Å². The average Bonchev–Trinajstić information content (AvgIpc) is 3.46. The number of benzene rings is 2. The molecule has 3 rings (SSSR count). The number of alkyl halides is 3. The summed E-state index contributed by atoms with van der Waals surface area (Å²) in [5.41, 5.74) is -0.486. The van der Waals surface area contributed by atoms with Gasteiger partial charge in [-0.1, -0.05) is 0 Å². The topological polar surface area (TPSA) is 99.3 Å². The Balaban J connectivity index is 1.73. The Morgan fingerprint density at radius 3 is 2.13 bits per heavy atom. The minimum atomic E-state index is -4.61. The predicted octanol–water partition coefficient (Wildman–Crippen LogP) is 4.20. The van der Waals surface area contributed by atoms with Gasteiger partial charge < -0.3 is 21.3 Å². The molecule has 0 spiro atoms. The Labute approximate surface area is 170 Å². The molecule has 30 heavy (non-hydrogen) atoms. The summed E-state index contributed by atoms with van der Waals surface area (Å²) in [6, 6.07) is 8.34. The van der Waals surface area contributed by atoms with E-state index in [0.717, 1.165) is 31.0 Å². The first-order valence-corrected chi connectivity index (χ1v) is 9.09. The van der Waals surface area contributed by atoms with Crippen LogP contribution < -0.4 is 21.3 Å². The fourth-order valence-corrected chi connectivity index (χ4v) is 2.60. The summed E-state index contributed by atoms with van der Waals surface area (Å²) >= 11 is 0. The molecule has 0 saturated heterocycles. The van der Waals surface area contributed by atoms with Crippen LogP contribution in [-0.2, 0) is 11.0 Å². The van der Waals surface area contributed by atoms with Crippen LogP contribution in [0.5, 0.6) is 0 Å². The number of urea groups is 1. The Morgan fingerprint density at radius 1 is 0.900 bits per heavy atom. The number of halogens is 3. The van der Waals surface area contributed by atoms with Crippen LogP contribution in [0, 0.1) is 0 Å². The summed E-state index contributed by atoms with van der Waals surface area (Å²) in [6.07, 6.45) is -2.71. The van der Waals surface area contributed by atoms with Crippen LogP contribution in [0.4, 0.5) is 35.0 Å². The van der Waals surface area contributed by atoms with Crippen LogP contribution >= 0.6 is 0 Å². The molecular weight excluding hydrogens is 401 g/mol. The molecule has 7 nitrogen and oxygen atoms in total. The van der Waals surface area contributed by atoms with Crippen LogP contribution in [0.2, 0.25) is 0 Å². The largest absolute Gasteiger partial charge is 0.416 e. The van der Waals surface area contributed by atoms with Gasteiger partial charge in [0.25, 0.3) is 5.91 Å². The number of amides is 4. The molecule has 10 heteroatoms. The highest BCUT2D eigenvalue weighted by molar-refractivity contribution is 6.07. The molecule has 4 amide bonds. The lowest BCUT2D eigenvalue weighted by Crippen LogP contribution is -2.30. The van der Waals surface area contributed by atoms with E-state index in [1.165, 1.54) is 31.2 Å². The third kappa shape index (κ3) is 5.72. The SMILES string of the molecule is CC(=O)Nc1ccc(C(F)(F)F)cc1NC(=O)c1ccc(NC(=O)NC2CC2)cc1. The van der Waals surface area contributed by atoms with Crippen LogP contribution in [-0.4, -0.2) is 23.9 Å². The van der Waals surface area contributed by atoms with Gasteiger partial charge >= 0.3 is 12.2 Å². The molecule has 1 fully saturated rings. The Hall–Kier alpha value is -3.56. The highest BCUT2D eigenvalue weighted by Gasteiger charge is 2.31. The molecule has 1 aliphatic rings. The van der Waals surface area contributed by atoms with Crippen molar-refractivity contribution in [2.75, 3.05) is 16.0 Å². The first kappa shape index (κ1) is 21.2. The second-order valence-electron chi connectivity index (χ2n) is 6.84. The second-order valence-corrected chi connectivity index (χ2v) is 6.84. The van der Waals surface area contributed by atoms with Crippen molar-refractivity contribution in [2.24, 2.45) is 0 Å². The number of rotatable bonds is 5. The number of nitrogens with one attached hydrogen (secondary N) is 4. The normalized spacial score (nSPS) is 13.3.